The second-order valence-corrected chi connectivity index (χ2v) is 5.29. The van der Waals surface area contributed by atoms with Crippen LogP contribution in [0, 0.1) is 5.92 Å². The molecule has 0 bridgehead atoms. The van der Waals surface area contributed by atoms with Crippen LogP contribution in [0.3, 0.4) is 0 Å². The third-order valence-corrected chi connectivity index (χ3v) is 4.02. The number of nitrogens with one attached hydrogen (secondary N) is 1. The van der Waals surface area contributed by atoms with Crippen molar-refractivity contribution < 1.29 is 4.74 Å². The minimum Gasteiger partial charge on any atom is -0.383 e. The zero-order valence-corrected chi connectivity index (χ0v) is 12.6. The van der Waals surface area contributed by atoms with E-state index in [1.165, 1.54) is 12.8 Å². The van der Waals surface area contributed by atoms with Gasteiger partial charge in [0.1, 0.15) is 18.0 Å². The van der Waals surface area contributed by atoms with Crippen LogP contribution in [-0.4, -0.2) is 36.3 Å². The molecule has 0 radical (unpaired) electrons. The summed E-state index contributed by atoms with van der Waals surface area (Å²) in [4.78, 5) is 11.0. The third kappa shape index (κ3) is 3.19. The van der Waals surface area contributed by atoms with Gasteiger partial charge in [0, 0.05) is 25.3 Å². The molecule has 1 aliphatic rings. The standard InChI is InChI=1S/C14H25N5O/c1-4-12-13(18-15)16-9-17-14(12)19(7-8-20-3)10(2)11-5-6-11/h9-11H,4-8,15H2,1-3H3,(H,16,17,18). The first kappa shape index (κ1) is 15.0. The monoisotopic (exact) mass is 279 g/mol. The predicted molar refractivity (Wildman–Crippen MR) is 80.6 cm³/mol. The van der Waals surface area contributed by atoms with E-state index < -0.39 is 0 Å². The van der Waals surface area contributed by atoms with Crippen LogP contribution >= 0.6 is 0 Å². The molecule has 1 heterocycles. The SMILES string of the molecule is CCc1c(NN)ncnc1N(CCOC)C(C)C1CC1. The molecule has 6 nitrogen and oxygen atoms in total. The predicted octanol–water partition coefficient (Wildman–Crippen LogP) is 1.58. The van der Waals surface area contributed by atoms with Crippen LogP contribution < -0.4 is 16.2 Å². The smallest absolute Gasteiger partial charge is 0.148 e. The van der Waals surface area contributed by atoms with E-state index >= 15 is 0 Å². The van der Waals surface area contributed by atoms with Crippen LogP contribution in [0.15, 0.2) is 6.33 Å². The van der Waals surface area contributed by atoms with Gasteiger partial charge in [-0.3, -0.25) is 0 Å². The van der Waals surface area contributed by atoms with E-state index in [9.17, 15) is 0 Å². The Balaban J connectivity index is 2.31. The van der Waals surface area contributed by atoms with Crippen molar-refractivity contribution in [2.24, 2.45) is 11.8 Å². The molecule has 0 amide bonds. The highest BCUT2D eigenvalue weighted by Gasteiger charge is 2.33. The molecule has 1 saturated carbocycles. The van der Waals surface area contributed by atoms with Crippen molar-refractivity contribution in [1.82, 2.24) is 9.97 Å². The number of nitrogen functional groups attached to an aromatic ring is 1. The molecule has 3 N–H and O–H groups in total. The molecule has 1 unspecified atom stereocenters. The number of aromatic nitrogens is 2. The average Bonchev–Trinajstić information content (AvgIpc) is 3.31. The molecule has 1 atom stereocenters. The first-order chi connectivity index (χ1) is 9.72. The summed E-state index contributed by atoms with van der Waals surface area (Å²) in [5.74, 6) is 8.01. The van der Waals surface area contributed by atoms with Gasteiger partial charge in [-0.05, 0) is 32.1 Å². The molecule has 112 valence electrons. The number of hydrogen-bond donors (Lipinski definition) is 2. The molecular formula is C14H25N5O. The highest BCUT2D eigenvalue weighted by Crippen LogP contribution is 2.37. The summed E-state index contributed by atoms with van der Waals surface area (Å²) >= 11 is 0. The second-order valence-electron chi connectivity index (χ2n) is 5.29. The van der Waals surface area contributed by atoms with Crippen molar-refractivity contribution in [2.75, 3.05) is 30.6 Å². The lowest BCUT2D eigenvalue weighted by Crippen LogP contribution is -2.38. The molecule has 1 fully saturated rings. The van der Waals surface area contributed by atoms with Crippen molar-refractivity contribution in [3.8, 4) is 0 Å². The van der Waals surface area contributed by atoms with Crippen molar-refractivity contribution in [3.63, 3.8) is 0 Å². The van der Waals surface area contributed by atoms with Gasteiger partial charge in [0.05, 0.1) is 6.61 Å². The minimum atomic E-state index is 0.468. The van der Waals surface area contributed by atoms with E-state index in [1.807, 2.05) is 0 Å². The van der Waals surface area contributed by atoms with Crippen LogP contribution in [0.25, 0.3) is 0 Å². The lowest BCUT2D eigenvalue weighted by Gasteiger charge is -2.32. The largest absolute Gasteiger partial charge is 0.383 e. The van der Waals surface area contributed by atoms with E-state index in [-0.39, 0.29) is 0 Å². The van der Waals surface area contributed by atoms with Crippen LogP contribution in [-0.2, 0) is 11.2 Å². The summed E-state index contributed by atoms with van der Waals surface area (Å²) in [7, 11) is 1.73. The normalized spacial score (nSPS) is 16.0. The first-order valence-corrected chi connectivity index (χ1v) is 7.29. The highest BCUT2D eigenvalue weighted by molar-refractivity contribution is 5.59. The van der Waals surface area contributed by atoms with E-state index in [1.54, 1.807) is 13.4 Å². The number of nitrogens with two attached hydrogens (primary N) is 1. The maximum atomic E-state index is 5.56. The first-order valence-electron chi connectivity index (χ1n) is 7.29. The number of hydrogen-bond acceptors (Lipinski definition) is 6. The zero-order chi connectivity index (χ0) is 14.5. The van der Waals surface area contributed by atoms with Crippen molar-refractivity contribution >= 4 is 11.6 Å². The fourth-order valence-corrected chi connectivity index (χ4v) is 2.63. The Hall–Kier alpha value is -1.40. The number of nitrogens with zero attached hydrogens (tertiary/aromatic N) is 3. The maximum absolute atomic E-state index is 5.56. The number of rotatable bonds is 8. The van der Waals surface area contributed by atoms with Gasteiger partial charge in [0.15, 0.2) is 0 Å². The minimum absolute atomic E-state index is 0.468. The fraction of sp³-hybridized carbons (Fsp3) is 0.714. The number of ether oxygens (including phenoxy) is 1. The number of hydrazine groups is 1. The summed E-state index contributed by atoms with van der Waals surface area (Å²) in [5.41, 5.74) is 3.74. The highest BCUT2D eigenvalue weighted by atomic mass is 16.5. The Morgan fingerprint density at radius 2 is 2.25 bits per heavy atom. The summed E-state index contributed by atoms with van der Waals surface area (Å²) < 4.78 is 5.25. The molecule has 0 saturated heterocycles. The Morgan fingerprint density at radius 1 is 1.50 bits per heavy atom. The molecule has 2 rings (SSSR count). The maximum Gasteiger partial charge on any atom is 0.148 e. The average molecular weight is 279 g/mol. The molecule has 0 aromatic carbocycles. The molecule has 20 heavy (non-hydrogen) atoms. The topological polar surface area (TPSA) is 76.3 Å². The van der Waals surface area contributed by atoms with Gasteiger partial charge in [0.2, 0.25) is 0 Å². The fourth-order valence-electron chi connectivity index (χ4n) is 2.63. The molecule has 6 heteroatoms. The van der Waals surface area contributed by atoms with Crippen molar-refractivity contribution in [1.29, 1.82) is 0 Å². The molecule has 1 aromatic heterocycles. The van der Waals surface area contributed by atoms with E-state index in [0.717, 1.165) is 30.3 Å². The van der Waals surface area contributed by atoms with E-state index in [2.05, 4.69) is 34.1 Å². The molecular weight excluding hydrogens is 254 g/mol. The van der Waals surface area contributed by atoms with E-state index in [4.69, 9.17) is 10.6 Å². The van der Waals surface area contributed by atoms with Crippen LogP contribution in [0.1, 0.15) is 32.3 Å². The summed E-state index contributed by atoms with van der Waals surface area (Å²) in [6.45, 7) is 5.89. The summed E-state index contributed by atoms with van der Waals surface area (Å²) in [6.07, 6.45) is 5.03. The number of anilines is 2. The van der Waals surface area contributed by atoms with Gasteiger partial charge in [-0.1, -0.05) is 6.92 Å². The molecule has 1 aliphatic carbocycles. The quantitative estimate of drug-likeness (QED) is 0.556. The molecule has 0 spiro atoms. The van der Waals surface area contributed by atoms with Gasteiger partial charge < -0.3 is 15.1 Å². The zero-order valence-electron chi connectivity index (χ0n) is 12.6. The second kappa shape index (κ2) is 6.85. The van der Waals surface area contributed by atoms with Crippen LogP contribution in [0.2, 0.25) is 0 Å². The van der Waals surface area contributed by atoms with E-state index in [0.29, 0.717) is 18.5 Å². The lowest BCUT2D eigenvalue weighted by atomic mass is 10.1. The number of methoxy groups -OCH3 is 1. The van der Waals surface area contributed by atoms with Gasteiger partial charge in [0.25, 0.3) is 0 Å². The molecule has 0 aliphatic heterocycles. The Labute approximate surface area is 120 Å². The summed E-state index contributed by atoms with van der Waals surface area (Å²) in [5, 5.41) is 0. The summed E-state index contributed by atoms with van der Waals surface area (Å²) in [6, 6.07) is 0.468. The van der Waals surface area contributed by atoms with Crippen molar-refractivity contribution in [3.05, 3.63) is 11.9 Å². The Morgan fingerprint density at radius 3 is 2.80 bits per heavy atom. The van der Waals surface area contributed by atoms with Crippen molar-refractivity contribution in [2.45, 2.75) is 39.2 Å². The van der Waals surface area contributed by atoms with Gasteiger partial charge in [-0.15, -0.1) is 0 Å². The molecule has 1 aromatic rings. The Kier molecular flexibility index (Phi) is 5.14. The Bertz CT molecular complexity index is 436. The van der Waals surface area contributed by atoms with Gasteiger partial charge >= 0.3 is 0 Å². The van der Waals surface area contributed by atoms with Crippen LogP contribution in [0.5, 0.6) is 0 Å². The van der Waals surface area contributed by atoms with Gasteiger partial charge in [-0.2, -0.15) is 0 Å². The third-order valence-electron chi connectivity index (χ3n) is 4.02. The van der Waals surface area contributed by atoms with Crippen LogP contribution in [0.4, 0.5) is 11.6 Å². The lowest BCUT2D eigenvalue weighted by molar-refractivity contribution is 0.202. The van der Waals surface area contributed by atoms with Gasteiger partial charge in [-0.25, -0.2) is 15.8 Å².